The van der Waals surface area contributed by atoms with Crippen LogP contribution in [0.5, 0.6) is 11.5 Å². The van der Waals surface area contributed by atoms with Crippen molar-refractivity contribution in [1.82, 2.24) is 5.32 Å². The third-order valence-electron chi connectivity index (χ3n) is 3.34. The van der Waals surface area contributed by atoms with Crippen LogP contribution in [0.25, 0.3) is 0 Å². The molecule has 0 aromatic heterocycles. The van der Waals surface area contributed by atoms with Gasteiger partial charge in [-0.3, -0.25) is 0 Å². The second-order valence-electron chi connectivity index (χ2n) is 4.86. The summed E-state index contributed by atoms with van der Waals surface area (Å²) in [5.41, 5.74) is 0. The van der Waals surface area contributed by atoms with Gasteiger partial charge in [-0.1, -0.05) is 19.1 Å². The predicted octanol–water partition coefficient (Wildman–Crippen LogP) is 2.85. The Kier molecular flexibility index (Phi) is 4.88. The Balaban J connectivity index is 1.88. The Hall–Kier alpha value is -1.22. The maximum atomic E-state index is 5.90. The van der Waals surface area contributed by atoms with Gasteiger partial charge in [0.1, 0.15) is 6.61 Å². The SMILES string of the molecule is CCCNC(COc1ccccc1OC)C1CC1. The molecule has 1 fully saturated rings. The van der Waals surface area contributed by atoms with Crippen molar-refractivity contribution in [3.63, 3.8) is 0 Å². The lowest BCUT2D eigenvalue weighted by molar-refractivity contribution is 0.239. The number of ether oxygens (including phenoxy) is 2. The first-order chi connectivity index (χ1) is 8.85. The Morgan fingerprint density at radius 1 is 1.28 bits per heavy atom. The number of nitrogens with one attached hydrogen (secondary N) is 1. The summed E-state index contributed by atoms with van der Waals surface area (Å²) in [7, 11) is 1.68. The van der Waals surface area contributed by atoms with Gasteiger partial charge in [-0.05, 0) is 43.9 Å². The largest absolute Gasteiger partial charge is 0.493 e. The molecule has 0 heterocycles. The number of rotatable bonds is 8. The smallest absolute Gasteiger partial charge is 0.161 e. The maximum Gasteiger partial charge on any atom is 0.161 e. The van der Waals surface area contributed by atoms with Crippen LogP contribution < -0.4 is 14.8 Å². The van der Waals surface area contributed by atoms with Gasteiger partial charge in [-0.25, -0.2) is 0 Å². The quantitative estimate of drug-likeness (QED) is 0.768. The van der Waals surface area contributed by atoms with E-state index < -0.39 is 0 Å². The van der Waals surface area contributed by atoms with Crippen LogP contribution in [0.2, 0.25) is 0 Å². The Labute approximate surface area is 109 Å². The summed E-state index contributed by atoms with van der Waals surface area (Å²) in [4.78, 5) is 0. The molecule has 100 valence electrons. The minimum atomic E-state index is 0.481. The van der Waals surface area contributed by atoms with E-state index in [0.29, 0.717) is 6.04 Å². The molecule has 0 spiro atoms. The maximum absolute atomic E-state index is 5.90. The number of benzene rings is 1. The van der Waals surface area contributed by atoms with Crippen molar-refractivity contribution in [3.8, 4) is 11.5 Å². The van der Waals surface area contributed by atoms with Gasteiger partial charge in [0.25, 0.3) is 0 Å². The molecule has 0 amide bonds. The van der Waals surface area contributed by atoms with E-state index in [2.05, 4.69) is 12.2 Å². The molecule has 1 N–H and O–H groups in total. The Morgan fingerprint density at radius 2 is 2.00 bits per heavy atom. The number of hydrogen-bond acceptors (Lipinski definition) is 3. The van der Waals surface area contributed by atoms with Crippen molar-refractivity contribution in [2.75, 3.05) is 20.3 Å². The lowest BCUT2D eigenvalue weighted by Gasteiger charge is -2.19. The highest BCUT2D eigenvalue weighted by atomic mass is 16.5. The molecule has 18 heavy (non-hydrogen) atoms. The molecular weight excluding hydrogens is 226 g/mol. The van der Waals surface area contributed by atoms with Crippen LogP contribution in [0, 0.1) is 5.92 Å². The first kappa shape index (κ1) is 13.2. The summed E-state index contributed by atoms with van der Waals surface area (Å²) in [6.07, 6.45) is 3.82. The number of hydrogen-bond donors (Lipinski definition) is 1. The fourth-order valence-electron chi connectivity index (χ4n) is 2.11. The molecule has 1 aromatic rings. The normalized spacial score (nSPS) is 16.3. The predicted molar refractivity (Wildman–Crippen MR) is 73.3 cm³/mol. The van der Waals surface area contributed by atoms with E-state index in [1.165, 1.54) is 12.8 Å². The zero-order valence-electron chi connectivity index (χ0n) is 11.3. The topological polar surface area (TPSA) is 30.5 Å². The molecule has 0 saturated heterocycles. The molecule has 0 bridgehead atoms. The van der Waals surface area contributed by atoms with E-state index in [0.717, 1.165) is 37.0 Å². The van der Waals surface area contributed by atoms with E-state index in [4.69, 9.17) is 9.47 Å². The highest BCUT2D eigenvalue weighted by Crippen LogP contribution is 2.33. The van der Waals surface area contributed by atoms with Crippen LogP contribution in [-0.2, 0) is 0 Å². The third-order valence-corrected chi connectivity index (χ3v) is 3.34. The second kappa shape index (κ2) is 6.64. The van der Waals surface area contributed by atoms with Crippen molar-refractivity contribution in [1.29, 1.82) is 0 Å². The van der Waals surface area contributed by atoms with Gasteiger partial charge in [-0.2, -0.15) is 0 Å². The standard InChI is InChI=1S/C15H23NO2/c1-3-10-16-13(12-8-9-12)11-18-15-7-5-4-6-14(15)17-2/h4-7,12-13,16H,3,8-11H2,1-2H3. The van der Waals surface area contributed by atoms with Gasteiger partial charge in [-0.15, -0.1) is 0 Å². The molecule has 0 radical (unpaired) electrons. The average Bonchev–Trinajstić information content (AvgIpc) is 3.24. The summed E-state index contributed by atoms with van der Waals surface area (Å²) in [6.45, 7) is 3.99. The van der Waals surface area contributed by atoms with E-state index in [1.807, 2.05) is 24.3 Å². The molecule has 1 aliphatic rings. The van der Waals surface area contributed by atoms with E-state index in [9.17, 15) is 0 Å². The Bertz CT molecular complexity index is 363. The summed E-state index contributed by atoms with van der Waals surface area (Å²) in [5.74, 6) is 2.44. The fraction of sp³-hybridized carbons (Fsp3) is 0.600. The average molecular weight is 249 g/mol. The van der Waals surface area contributed by atoms with Gasteiger partial charge in [0.05, 0.1) is 7.11 Å². The Morgan fingerprint density at radius 3 is 2.61 bits per heavy atom. The molecule has 3 nitrogen and oxygen atoms in total. The van der Waals surface area contributed by atoms with E-state index in [1.54, 1.807) is 7.11 Å². The van der Waals surface area contributed by atoms with Crippen molar-refractivity contribution >= 4 is 0 Å². The van der Waals surface area contributed by atoms with Crippen LogP contribution in [0.1, 0.15) is 26.2 Å². The zero-order chi connectivity index (χ0) is 12.8. The fourth-order valence-corrected chi connectivity index (χ4v) is 2.11. The summed E-state index contributed by atoms with van der Waals surface area (Å²) >= 11 is 0. The molecule has 1 saturated carbocycles. The second-order valence-corrected chi connectivity index (χ2v) is 4.86. The number of methoxy groups -OCH3 is 1. The van der Waals surface area contributed by atoms with Crippen LogP contribution in [0.3, 0.4) is 0 Å². The van der Waals surface area contributed by atoms with Crippen LogP contribution >= 0.6 is 0 Å². The lowest BCUT2D eigenvalue weighted by Crippen LogP contribution is -2.37. The van der Waals surface area contributed by atoms with Gasteiger partial charge in [0.15, 0.2) is 11.5 Å². The molecule has 0 aliphatic heterocycles. The van der Waals surface area contributed by atoms with E-state index >= 15 is 0 Å². The lowest BCUT2D eigenvalue weighted by atomic mass is 10.2. The first-order valence-corrected chi connectivity index (χ1v) is 6.84. The minimum Gasteiger partial charge on any atom is -0.493 e. The number of para-hydroxylation sites is 2. The monoisotopic (exact) mass is 249 g/mol. The highest BCUT2D eigenvalue weighted by molar-refractivity contribution is 5.39. The highest BCUT2D eigenvalue weighted by Gasteiger charge is 2.31. The summed E-state index contributed by atoms with van der Waals surface area (Å²) in [5, 5.41) is 3.57. The molecule has 1 aliphatic carbocycles. The first-order valence-electron chi connectivity index (χ1n) is 6.84. The van der Waals surface area contributed by atoms with E-state index in [-0.39, 0.29) is 0 Å². The van der Waals surface area contributed by atoms with Crippen LogP contribution in [0.4, 0.5) is 0 Å². The molecule has 1 aromatic carbocycles. The van der Waals surface area contributed by atoms with Gasteiger partial charge >= 0.3 is 0 Å². The van der Waals surface area contributed by atoms with Crippen molar-refractivity contribution in [3.05, 3.63) is 24.3 Å². The summed E-state index contributed by atoms with van der Waals surface area (Å²) < 4.78 is 11.2. The molecular formula is C15H23NO2. The van der Waals surface area contributed by atoms with Crippen LogP contribution in [0.15, 0.2) is 24.3 Å². The van der Waals surface area contributed by atoms with Crippen molar-refractivity contribution in [2.24, 2.45) is 5.92 Å². The molecule has 1 unspecified atom stereocenters. The van der Waals surface area contributed by atoms with Gasteiger partial charge in [0, 0.05) is 6.04 Å². The van der Waals surface area contributed by atoms with Gasteiger partial charge in [0.2, 0.25) is 0 Å². The van der Waals surface area contributed by atoms with Crippen molar-refractivity contribution < 1.29 is 9.47 Å². The molecule has 2 rings (SSSR count). The molecule has 3 heteroatoms. The third kappa shape index (κ3) is 3.64. The minimum absolute atomic E-state index is 0.481. The van der Waals surface area contributed by atoms with Crippen molar-refractivity contribution in [2.45, 2.75) is 32.2 Å². The zero-order valence-corrected chi connectivity index (χ0v) is 11.3. The summed E-state index contributed by atoms with van der Waals surface area (Å²) in [6, 6.07) is 8.31. The van der Waals surface area contributed by atoms with Crippen LogP contribution in [-0.4, -0.2) is 26.3 Å². The van der Waals surface area contributed by atoms with Gasteiger partial charge < -0.3 is 14.8 Å². The molecule has 1 atom stereocenters.